The highest BCUT2D eigenvalue weighted by Crippen LogP contribution is 2.27. The Morgan fingerprint density at radius 2 is 1.83 bits per heavy atom. The van der Waals surface area contributed by atoms with Crippen molar-refractivity contribution in [3.05, 3.63) is 35.4 Å². The van der Waals surface area contributed by atoms with Gasteiger partial charge >= 0.3 is 0 Å². The first-order valence-electron chi connectivity index (χ1n) is 7.47. The minimum Gasteiger partial charge on any atom is -0.306 e. The molecular formula is C16H24N2. The molecule has 1 saturated heterocycles. The maximum atomic E-state index is 3.65. The molecule has 0 bridgehead atoms. The summed E-state index contributed by atoms with van der Waals surface area (Å²) in [6.07, 6.45) is 6.92. The lowest BCUT2D eigenvalue weighted by molar-refractivity contribution is 0.268. The Bertz CT molecular complexity index is 380. The van der Waals surface area contributed by atoms with E-state index in [9.17, 15) is 0 Å². The molecule has 1 fully saturated rings. The average molecular weight is 244 g/mol. The van der Waals surface area contributed by atoms with Crippen LogP contribution in [0.25, 0.3) is 0 Å². The molecular weight excluding hydrogens is 220 g/mol. The molecule has 1 unspecified atom stereocenters. The average Bonchev–Trinajstić information content (AvgIpc) is 2.64. The zero-order chi connectivity index (χ0) is 12.2. The van der Waals surface area contributed by atoms with Crippen LogP contribution in [0, 0.1) is 0 Å². The molecule has 0 aromatic heterocycles. The molecule has 3 rings (SSSR count). The first kappa shape index (κ1) is 12.2. The molecule has 0 spiro atoms. The number of fused-ring (bicyclic) bond motifs is 1. The summed E-state index contributed by atoms with van der Waals surface area (Å²) in [6, 6.07) is 9.46. The van der Waals surface area contributed by atoms with Crippen molar-refractivity contribution >= 4 is 0 Å². The van der Waals surface area contributed by atoms with E-state index in [1.54, 1.807) is 0 Å². The van der Waals surface area contributed by atoms with Gasteiger partial charge in [-0.3, -0.25) is 0 Å². The van der Waals surface area contributed by atoms with Crippen LogP contribution >= 0.6 is 0 Å². The van der Waals surface area contributed by atoms with Crippen molar-refractivity contribution in [3.63, 3.8) is 0 Å². The molecule has 0 radical (unpaired) electrons. The summed E-state index contributed by atoms with van der Waals surface area (Å²) in [5.74, 6) is 0. The van der Waals surface area contributed by atoms with Gasteiger partial charge in [-0.1, -0.05) is 37.1 Å². The molecule has 0 amide bonds. The van der Waals surface area contributed by atoms with E-state index in [4.69, 9.17) is 0 Å². The Morgan fingerprint density at radius 1 is 1.06 bits per heavy atom. The zero-order valence-electron chi connectivity index (χ0n) is 11.2. The minimum absolute atomic E-state index is 0.587. The van der Waals surface area contributed by atoms with E-state index in [1.165, 1.54) is 62.9 Å². The Hall–Kier alpha value is -0.860. The van der Waals surface area contributed by atoms with E-state index in [2.05, 4.69) is 34.5 Å². The molecule has 2 aliphatic heterocycles. The molecule has 2 heteroatoms. The van der Waals surface area contributed by atoms with Crippen molar-refractivity contribution in [2.75, 3.05) is 19.6 Å². The second-order valence-electron chi connectivity index (χ2n) is 5.68. The fraction of sp³-hybridized carbons (Fsp3) is 0.625. The highest BCUT2D eigenvalue weighted by Gasteiger charge is 2.21. The zero-order valence-corrected chi connectivity index (χ0v) is 11.2. The van der Waals surface area contributed by atoms with Crippen LogP contribution in [0.5, 0.6) is 0 Å². The van der Waals surface area contributed by atoms with Crippen LogP contribution in [0.4, 0.5) is 0 Å². The maximum Gasteiger partial charge on any atom is 0.0338 e. The number of likely N-dealkylation sites (tertiary alicyclic amines) is 1. The first-order valence-corrected chi connectivity index (χ1v) is 7.47. The van der Waals surface area contributed by atoms with Crippen LogP contribution in [0.15, 0.2) is 24.3 Å². The third-order valence-corrected chi connectivity index (χ3v) is 4.40. The summed E-state index contributed by atoms with van der Waals surface area (Å²) in [4.78, 5) is 2.66. The number of hydrogen-bond donors (Lipinski definition) is 1. The van der Waals surface area contributed by atoms with Gasteiger partial charge in [0.25, 0.3) is 0 Å². The predicted octanol–water partition coefficient (Wildman–Crippen LogP) is 3.10. The maximum absolute atomic E-state index is 3.65. The van der Waals surface area contributed by atoms with Gasteiger partial charge in [-0.25, -0.2) is 0 Å². The number of rotatable bonds is 3. The van der Waals surface area contributed by atoms with Gasteiger partial charge in [-0.15, -0.1) is 0 Å². The van der Waals surface area contributed by atoms with E-state index in [0.717, 1.165) is 6.54 Å². The highest BCUT2D eigenvalue weighted by molar-refractivity contribution is 5.33. The number of benzene rings is 1. The summed E-state index contributed by atoms with van der Waals surface area (Å²) in [5.41, 5.74) is 3.03. The molecule has 1 aromatic rings. The van der Waals surface area contributed by atoms with Crippen molar-refractivity contribution in [1.82, 2.24) is 10.2 Å². The Labute approximate surface area is 110 Å². The SMILES string of the molecule is c1ccc2c(c1)CNC2CCN1CCCCCC1. The Balaban J connectivity index is 1.55. The van der Waals surface area contributed by atoms with Crippen molar-refractivity contribution < 1.29 is 0 Å². The molecule has 18 heavy (non-hydrogen) atoms. The van der Waals surface area contributed by atoms with E-state index < -0.39 is 0 Å². The Kier molecular flexibility index (Phi) is 3.96. The quantitative estimate of drug-likeness (QED) is 0.879. The van der Waals surface area contributed by atoms with Gasteiger partial charge in [0, 0.05) is 12.6 Å². The molecule has 2 nitrogen and oxygen atoms in total. The van der Waals surface area contributed by atoms with Crippen LogP contribution < -0.4 is 5.32 Å². The lowest BCUT2D eigenvalue weighted by atomic mass is 10.0. The van der Waals surface area contributed by atoms with Gasteiger partial charge in [0.1, 0.15) is 0 Å². The smallest absolute Gasteiger partial charge is 0.0338 e. The molecule has 1 atom stereocenters. The van der Waals surface area contributed by atoms with Crippen molar-refractivity contribution in [3.8, 4) is 0 Å². The summed E-state index contributed by atoms with van der Waals surface area (Å²) < 4.78 is 0. The van der Waals surface area contributed by atoms with Gasteiger partial charge < -0.3 is 10.2 Å². The highest BCUT2D eigenvalue weighted by atomic mass is 15.1. The fourth-order valence-corrected chi connectivity index (χ4v) is 3.31. The fourth-order valence-electron chi connectivity index (χ4n) is 3.31. The number of nitrogens with zero attached hydrogens (tertiary/aromatic N) is 1. The lowest BCUT2D eigenvalue weighted by Crippen LogP contribution is -2.28. The lowest BCUT2D eigenvalue weighted by Gasteiger charge is -2.22. The second-order valence-corrected chi connectivity index (χ2v) is 5.68. The Morgan fingerprint density at radius 3 is 2.67 bits per heavy atom. The monoisotopic (exact) mass is 244 g/mol. The first-order chi connectivity index (χ1) is 8.93. The molecule has 0 aliphatic carbocycles. The standard InChI is InChI=1S/C16H24N2/c1-2-6-11-18(10-5-1)12-9-16-15-8-4-3-7-14(15)13-17-16/h3-4,7-8,16-17H,1-2,5-6,9-13H2. The minimum atomic E-state index is 0.587. The molecule has 1 aromatic carbocycles. The van der Waals surface area contributed by atoms with E-state index in [0.29, 0.717) is 6.04 Å². The van der Waals surface area contributed by atoms with Crippen LogP contribution in [-0.4, -0.2) is 24.5 Å². The molecule has 0 saturated carbocycles. The van der Waals surface area contributed by atoms with Gasteiger partial charge in [0.2, 0.25) is 0 Å². The van der Waals surface area contributed by atoms with Crippen LogP contribution in [0.3, 0.4) is 0 Å². The van der Waals surface area contributed by atoms with Gasteiger partial charge in [0.05, 0.1) is 0 Å². The largest absolute Gasteiger partial charge is 0.306 e. The predicted molar refractivity (Wildman–Crippen MR) is 75.5 cm³/mol. The summed E-state index contributed by atoms with van der Waals surface area (Å²) >= 11 is 0. The van der Waals surface area contributed by atoms with Crippen LogP contribution in [0.2, 0.25) is 0 Å². The third kappa shape index (κ3) is 2.76. The third-order valence-electron chi connectivity index (χ3n) is 4.40. The van der Waals surface area contributed by atoms with Crippen LogP contribution in [0.1, 0.15) is 49.3 Å². The van der Waals surface area contributed by atoms with Crippen LogP contribution in [-0.2, 0) is 6.54 Å². The summed E-state index contributed by atoms with van der Waals surface area (Å²) in [6.45, 7) is 4.94. The summed E-state index contributed by atoms with van der Waals surface area (Å²) in [5, 5.41) is 3.65. The van der Waals surface area contributed by atoms with E-state index in [-0.39, 0.29) is 0 Å². The number of hydrogen-bond acceptors (Lipinski definition) is 2. The number of nitrogens with one attached hydrogen (secondary N) is 1. The second kappa shape index (κ2) is 5.85. The normalized spacial score (nSPS) is 24.8. The van der Waals surface area contributed by atoms with Crippen molar-refractivity contribution in [2.45, 2.75) is 44.7 Å². The van der Waals surface area contributed by atoms with Gasteiger partial charge in [0.15, 0.2) is 0 Å². The van der Waals surface area contributed by atoms with Gasteiger partial charge in [-0.05, 0) is 50.0 Å². The molecule has 98 valence electrons. The summed E-state index contributed by atoms with van der Waals surface area (Å²) in [7, 11) is 0. The van der Waals surface area contributed by atoms with Crippen molar-refractivity contribution in [2.24, 2.45) is 0 Å². The van der Waals surface area contributed by atoms with Crippen molar-refractivity contribution in [1.29, 1.82) is 0 Å². The molecule has 2 aliphatic rings. The van der Waals surface area contributed by atoms with Gasteiger partial charge in [-0.2, -0.15) is 0 Å². The topological polar surface area (TPSA) is 15.3 Å². The molecule has 1 N–H and O–H groups in total. The molecule has 2 heterocycles. The van der Waals surface area contributed by atoms with E-state index >= 15 is 0 Å². The van der Waals surface area contributed by atoms with E-state index in [1.807, 2.05) is 0 Å².